The molecule has 27 heavy (non-hydrogen) atoms. The van der Waals surface area contributed by atoms with Crippen LogP contribution in [0.3, 0.4) is 0 Å². The van der Waals surface area contributed by atoms with Gasteiger partial charge in [-0.2, -0.15) is 0 Å². The average molecular weight is 470 g/mol. The molecule has 0 radical (unpaired) electrons. The Morgan fingerprint density at radius 2 is 1.41 bits per heavy atom. The zero-order chi connectivity index (χ0) is 19.1. The molecule has 2 N–H and O–H groups in total. The van der Waals surface area contributed by atoms with E-state index in [1.54, 1.807) is 24.3 Å². The van der Waals surface area contributed by atoms with E-state index < -0.39 is 6.04 Å². The monoisotopic (exact) mass is 470 g/mol. The fourth-order valence-corrected chi connectivity index (χ4v) is 3.01. The molecule has 0 bridgehead atoms. The first-order valence-electron chi connectivity index (χ1n) is 8.58. The van der Waals surface area contributed by atoms with Crippen molar-refractivity contribution in [2.24, 2.45) is 0 Å². The lowest BCUT2D eigenvalue weighted by Crippen LogP contribution is -2.45. The number of carbonyl (C=O) groups excluding carboxylic acids is 2. The molecule has 4 nitrogen and oxygen atoms in total. The first-order chi connectivity index (χ1) is 13.1. The lowest BCUT2D eigenvalue weighted by Gasteiger charge is -2.19. The Morgan fingerprint density at radius 3 is 2.04 bits per heavy atom. The molecule has 0 aliphatic heterocycles. The van der Waals surface area contributed by atoms with Crippen molar-refractivity contribution in [1.29, 1.82) is 0 Å². The van der Waals surface area contributed by atoms with Gasteiger partial charge in [-0.3, -0.25) is 9.59 Å². The molecule has 2 amide bonds. The summed E-state index contributed by atoms with van der Waals surface area (Å²) >= 11 is 2.21. The van der Waals surface area contributed by atoms with E-state index >= 15 is 0 Å². The maximum atomic E-state index is 12.8. The maximum Gasteiger partial charge on any atom is 0.251 e. The van der Waals surface area contributed by atoms with Gasteiger partial charge in [0.15, 0.2) is 0 Å². The minimum Gasteiger partial charge on any atom is -0.340 e. The summed E-state index contributed by atoms with van der Waals surface area (Å²) in [6.07, 6.45) is 0.412. The summed E-state index contributed by atoms with van der Waals surface area (Å²) in [5.74, 6) is -0.515. The van der Waals surface area contributed by atoms with Gasteiger partial charge in [0.05, 0.1) is 0 Å². The van der Waals surface area contributed by atoms with Crippen LogP contribution in [-0.4, -0.2) is 17.9 Å². The van der Waals surface area contributed by atoms with Crippen LogP contribution in [0.25, 0.3) is 0 Å². The fraction of sp³-hybridized carbons (Fsp3) is 0.0909. The van der Waals surface area contributed by atoms with Crippen LogP contribution < -0.4 is 10.6 Å². The van der Waals surface area contributed by atoms with Gasteiger partial charge in [-0.25, -0.2) is 0 Å². The number of anilines is 1. The highest BCUT2D eigenvalue weighted by molar-refractivity contribution is 14.1. The molecule has 0 heterocycles. The van der Waals surface area contributed by atoms with Gasteiger partial charge in [0.1, 0.15) is 6.04 Å². The Hall–Kier alpha value is -2.67. The number of hydrogen-bond donors (Lipinski definition) is 2. The number of carbonyl (C=O) groups is 2. The molecule has 0 fully saturated rings. The fourth-order valence-electron chi connectivity index (χ4n) is 2.65. The van der Waals surface area contributed by atoms with E-state index in [2.05, 4.69) is 33.2 Å². The number of benzene rings is 3. The highest BCUT2D eigenvalue weighted by atomic mass is 127. The molecule has 3 aromatic carbocycles. The van der Waals surface area contributed by atoms with Crippen LogP contribution in [0, 0.1) is 3.57 Å². The standard InChI is InChI=1S/C22H19IN2O2/c23-18-11-13-19(14-12-18)24-22(27)20(15-16-7-3-1-4-8-16)25-21(26)17-9-5-2-6-10-17/h1-14,20H,15H2,(H,24,27)(H,25,26). The van der Waals surface area contributed by atoms with Gasteiger partial charge < -0.3 is 10.6 Å². The van der Waals surface area contributed by atoms with Crippen molar-refractivity contribution in [3.8, 4) is 0 Å². The van der Waals surface area contributed by atoms with Crippen molar-refractivity contribution >= 4 is 40.1 Å². The lowest BCUT2D eigenvalue weighted by molar-refractivity contribution is -0.118. The molecule has 136 valence electrons. The Kier molecular flexibility index (Phi) is 6.59. The van der Waals surface area contributed by atoms with E-state index in [1.807, 2.05) is 60.7 Å². The molecule has 1 atom stereocenters. The van der Waals surface area contributed by atoms with E-state index in [-0.39, 0.29) is 11.8 Å². The molecule has 0 saturated carbocycles. The Bertz CT molecular complexity index is 897. The molecule has 0 aromatic heterocycles. The first-order valence-corrected chi connectivity index (χ1v) is 9.66. The Morgan fingerprint density at radius 1 is 0.815 bits per heavy atom. The number of rotatable bonds is 6. The minimum absolute atomic E-state index is 0.246. The maximum absolute atomic E-state index is 12.8. The van der Waals surface area contributed by atoms with E-state index in [0.717, 1.165) is 9.13 Å². The largest absolute Gasteiger partial charge is 0.340 e. The van der Waals surface area contributed by atoms with Gasteiger partial charge in [-0.1, -0.05) is 48.5 Å². The van der Waals surface area contributed by atoms with Crippen LogP contribution in [0.2, 0.25) is 0 Å². The third-order valence-electron chi connectivity index (χ3n) is 4.05. The molecule has 0 spiro atoms. The van der Waals surface area contributed by atoms with E-state index in [0.29, 0.717) is 17.7 Å². The molecular weight excluding hydrogens is 451 g/mol. The quantitative estimate of drug-likeness (QED) is 0.529. The molecular formula is C22H19IN2O2. The van der Waals surface area contributed by atoms with Crippen molar-refractivity contribution in [2.45, 2.75) is 12.5 Å². The summed E-state index contributed by atoms with van der Waals surface area (Å²) in [4.78, 5) is 25.4. The van der Waals surface area contributed by atoms with Gasteiger partial charge in [0.25, 0.3) is 5.91 Å². The zero-order valence-electron chi connectivity index (χ0n) is 14.6. The van der Waals surface area contributed by atoms with Gasteiger partial charge in [0, 0.05) is 21.2 Å². The highest BCUT2D eigenvalue weighted by Crippen LogP contribution is 2.13. The second kappa shape index (κ2) is 9.32. The molecule has 5 heteroatoms. The first kappa shape index (κ1) is 19.1. The van der Waals surface area contributed by atoms with E-state index in [4.69, 9.17) is 0 Å². The smallest absolute Gasteiger partial charge is 0.251 e. The minimum atomic E-state index is -0.681. The topological polar surface area (TPSA) is 58.2 Å². The summed E-state index contributed by atoms with van der Waals surface area (Å²) in [7, 11) is 0. The van der Waals surface area contributed by atoms with Gasteiger partial charge in [0.2, 0.25) is 5.91 Å². The van der Waals surface area contributed by atoms with E-state index in [9.17, 15) is 9.59 Å². The van der Waals surface area contributed by atoms with Crippen molar-refractivity contribution in [3.63, 3.8) is 0 Å². The molecule has 0 saturated heterocycles. The predicted molar refractivity (Wildman–Crippen MR) is 116 cm³/mol. The summed E-state index contributed by atoms with van der Waals surface area (Å²) in [5, 5.41) is 5.75. The average Bonchev–Trinajstić information content (AvgIpc) is 2.70. The van der Waals surface area contributed by atoms with Crippen molar-refractivity contribution in [1.82, 2.24) is 5.32 Å². The zero-order valence-corrected chi connectivity index (χ0v) is 16.7. The van der Waals surface area contributed by atoms with Crippen molar-refractivity contribution < 1.29 is 9.59 Å². The summed E-state index contributed by atoms with van der Waals surface area (Å²) < 4.78 is 1.09. The number of nitrogens with one attached hydrogen (secondary N) is 2. The van der Waals surface area contributed by atoms with Gasteiger partial charge >= 0.3 is 0 Å². The van der Waals surface area contributed by atoms with Crippen LogP contribution in [0.1, 0.15) is 15.9 Å². The van der Waals surface area contributed by atoms with Gasteiger partial charge in [-0.05, 0) is 64.6 Å². The molecule has 0 aliphatic carbocycles. The Balaban J connectivity index is 1.77. The second-order valence-electron chi connectivity index (χ2n) is 6.08. The van der Waals surface area contributed by atoms with Crippen LogP contribution in [0.5, 0.6) is 0 Å². The van der Waals surface area contributed by atoms with Crippen molar-refractivity contribution in [3.05, 3.63) is 99.6 Å². The molecule has 3 aromatic rings. The summed E-state index contributed by atoms with van der Waals surface area (Å²) in [6.45, 7) is 0. The van der Waals surface area contributed by atoms with E-state index in [1.165, 1.54) is 0 Å². The predicted octanol–water partition coefficient (Wildman–Crippen LogP) is 4.27. The third-order valence-corrected chi connectivity index (χ3v) is 4.77. The number of hydrogen-bond acceptors (Lipinski definition) is 2. The SMILES string of the molecule is O=C(NC(Cc1ccccc1)C(=O)Nc1ccc(I)cc1)c1ccccc1. The molecule has 1 unspecified atom stereocenters. The summed E-state index contributed by atoms with van der Waals surface area (Å²) in [6, 6.07) is 25.4. The Labute approximate surface area is 172 Å². The van der Waals surface area contributed by atoms with Crippen LogP contribution in [-0.2, 0) is 11.2 Å². The highest BCUT2D eigenvalue weighted by Gasteiger charge is 2.22. The third kappa shape index (κ3) is 5.65. The number of halogens is 1. The second-order valence-corrected chi connectivity index (χ2v) is 7.32. The normalized spacial score (nSPS) is 11.4. The van der Waals surface area contributed by atoms with Crippen LogP contribution >= 0.6 is 22.6 Å². The van der Waals surface area contributed by atoms with Crippen molar-refractivity contribution in [2.75, 3.05) is 5.32 Å². The lowest BCUT2D eigenvalue weighted by atomic mass is 10.0. The van der Waals surface area contributed by atoms with Crippen LogP contribution in [0.4, 0.5) is 5.69 Å². The molecule has 3 rings (SSSR count). The van der Waals surface area contributed by atoms with Gasteiger partial charge in [-0.15, -0.1) is 0 Å². The van der Waals surface area contributed by atoms with Crippen LogP contribution in [0.15, 0.2) is 84.9 Å². The molecule has 0 aliphatic rings. The summed E-state index contributed by atoms with van der Waals surface area (Å²) in [5.41, 5.74) is 2.21. The number of amides is 2.